The van der Waals surface area contributed by atoms with Crippen molar-refractivity contribution in [1.29, 1.82) is 0 Å². The minimum Gasteiger partial charge on any atom is -0.494 e. The van der Waals surface area contributed by atoms with Gasteiger partial charge in [-0.25, -0.2) is 0 Å². The Balaban J connectivity index is 1.65. The predicted molar refractivity (Wildman–Crippen MR) is 133 cm³/mol. The summed E-state index contributed by atoms with van der Waals surface area (Å²) in [5, 5.41) is 0. The average Bonchev–Trinajstić information content (AvgIpc) is 2.82. The van der Waals surface area contributed by atoms with Gasteiger partial charge < -0.3 is 9.47 Å². The molecule has 0 bridgehead atoms. The molecule has 3 heteroatoms. The number of unbranched alkanes of at least 4 members (excludes halogenated alkanes) is 9. The van der Waals surface area contributed by atoms with Crippen molar-refractivity contribution in [3.63, 3.8) is 0 Å². The van der Waals surface area contributed by atoms with Gasteiger partial charge in [0.25, 0.3) is 0 Å². The van der Waals surface area contributed by atoms with Gasteiger partial charge >= 0.3 is 5.97 Å². The number of hydrogen-bond acceptors (Lipinski definition) is 3. The molecule has 0 fully saturated rings. The standard InChI is InChI=1S/C29H38O3/c1-3-5-7-8-9-10-11-12-13-15-29(30)32-28-22-18-26(19-23-28)25-16-20-27(21-17-25)31-24-14-6-4-2/h2,16-23H,3,5-15,24H2,1H3. The third kappa shape index (κ3) is 10.5. The van der Waals surface area contributed by atoms with E-state index in [1.165, 1.54) is 44.9 Å². The van der Waals surface area contributed by atoms with Crippen LogP contribution in [0.4, 0.5) is 0 Å². The van der Waals surface area contributed by atoms with Crippen molar-refractivity contribution in [3.05, 3.63) is 48.5 Å². The van der Waals surface area contributed by atoms with Crippen LogP contribution in [-0.2, 0) is 4.79 Å². The molecule has 0 spiro atoms. The van der Waals surface area contributed by atoms with Crippen LogP contribution in [0.2, 0.25) is 0 Å². The van der Waals surface area contributed by atoms with E-state index in [4.69, 9.17) is 15.9 Å². The van der Waals surface area contributed by atoms with Crippen LogP contribution in [0.1, 0.15) is 84.0 Å². The number of ether oxygens (including phenoxy) is 2. The average molecular weight is 435 g/mol. The Morgan fingerprint density at radius 3 is 1.84 bits per heavy atom. The van der Waals surface area contributed by atoms with Gasteiger partial charge in [-0.15, -0.1) is 12.3 Å². The minimum atomic E-state index is -0.146. The second-order valence-electron chi connectivity index (χ2n) is 8.26. The SMILES string of the molecule is C#CCCCOc1ccc(-c2ccc(OC(=O)CCCCCCCCCCC)cc2)cc1. The van der Waals surface area contributed by atoms with E-state index in [1.807, 2.05) is 48.5 Å². The lowest BCUT2D eigenvalue weighted by molar-refractivity contribution is -0.134. The number of esters is 1. The normalized spacial score (nSPS) is 10.5. The molecule has 2 rings (SSSR count). The molecule has 172 valence electrons. The lowest BCUT2D eigenvalue weighted by Gasteiger charge is -2.08. The van der Waals surface area contributed by atoms with Gasteiger partial charge in [-0.2, -0.15) is 0 Å². The molecule has 0 amide bonds. The molecular formula is C29H38O3. The maximum Gasteiger partial charge on any atom is 0.311 e. The van der Waals surface area contributed by atoms with Crippen LogP contribution in [0.25, 0.3) is 11.1 Å². The molecule has 0 unspecified atom stereocenters. The van der Waals surface area contributed by atoms with Gasteiger partial charge in [-0.3, -0.25) is 4.79 Å². The van der Waals surface area contributed by atoms with E-state index in [-0.39, 0.29) is 5.97 Å². The predicted octanol–water partition coefficient (Wildman–Crippen LogP) is 7.97. The monoisotopic (exact) mass is 434 g/mol. The van der Waals surface area contributed by atoms with Crippen LogP contribution in [0, 0.1) is 12.3 Å². The number of carbonyl (C=O) groups excluding carboxylic acids is 1. The minimum absolute atomic E-state index is 0.146. The van der Waals surface area contributed by atoms with E-state index >= 15 is 0 Å². The molecule has 0 aliphatic carbocycles. The number of terminal acetylenes is 1. The third-order valence-electron chi connectivity index (χ3n) is 5.49. The molecule has 0 aromatic heterocycles. The molecule has 0 N–H and O–H groups in total. The summed E-state index contributed by atoms with van der Waals surface area (Å²) in [5.41, 5.74) is 2.16. The number of rotatable bonds is 16. The van der Waals surface area contributed by atoms with Gasteiger partial charge in [0.15, 0.2) is 0 Å². The highest BCUT2D eigenvalue weighted by Gasteiger charge is 2.06. The first-order valence-electron chi connectivity index (χ1n) is 12.2. The Labute approximate surface area is 194 Å². The van der Waals surface area contributed by atoms with Gasteiger partial charge in [0.05, 0.1) is 6.61 Å². The van der Waals surface area contributed by atoms with Gasteiger partial charge in [-0.05, 0) is 48.2 Å². The van der Waals surface area contributed by atoms with Crippen molar-refractivity contribution in [2.24, 2.45) is 0 Å². The summed E-state index contributed by atoms with van der Waals surface area (Å²) in [5.74, 6) is 3.91. The molecule has 0 saturated heterocycles. The van der Waals surface area contributed by atoms with E-state index in [1.54, 1.807) is 0 Å². The Kier molecular flexibility index (Phi) is 12.7. The van der Waals surface area contributed by atoms with Crippen molar-refractivity contribution in [2.75, 3.05) is 6.61 Å². The maximum absolute atomic E-state index is 12.1. The first-order chi connectivity index (χ1) is 15.7. The zero-order chi connectivity index (χ0) is 22.9. The molecule has 2 aromatic carbocycles. The van der Waals surface area contributed by atoms with Crippen LogP contribution in [0.15, 0.2) is 48.5 Å². The number of carbonyl (C=O) groups is 1. The lowest BCUT2D eigenvalue weighted by atomic mass is 10.1. The van der Waals surface area contributed by atoms with E-state index in [0.29, 0.717) is 18.8 Å². The molecular weight excluding hydrogens is 396 g/mol. The highest BCUT2D eigenvalue weighted by Crippen LogP contribution is 2.25. The number of benzene rings is 2. The quantitative estimate of drug-likeness (QED) is 0.116. The lowest BCUT2D eigenvalue weighted by Crippen LogP contribution is -2.07. The van der Waals surface area contributed by atoms with Gasteiger partial charge in [0.2, 0.25) is 0 Å². The van der Waals surface area contributed by atoms with Gasteiger partial charge in [0.1, 0.15) is 11.5 Å². The second-order valence-corrected chi connectivity index (χ2v) is 8.26. The molecule has 0 saturated carbocycles. The molecule has 0 aliphatic heterocycles. The number of hydrogen-bond donors (Lipinski definition) is 0. The molecule has 0 radical (unpaired) electrons. The van der Waals surface area contributed by atoms with Crippen molar-refractivity contribution < 1.29 is 14.3 Å². The Morgan fingerprint density at radius 1 is 0.750 bits per heavy atom. The first kappa shape index (κ1) is 25.5. The van der Waals surface area contributed by atoms with Crippen LogP contribution in [0.3, 0.4) is 0 Å². The van der Waals surface area contributed by atoms with Crippen molar-refractivity contribution in [2.45, 2.75) is 84.0 Å². The zero-order valence-electron chi connectivity index (χ0n) is 19.6. The van der Waals surface area contributed by atoms with E-state index < -0.39 is 0 Å². The van der Waals surface area contributed by atoms with Gasteiger partial charge in [-0.1, -0.05) is 82.6 Å². The van der Waals surface area contributed by atoms with Crippen LogP contribution < -0.4 is 9.47 Å². The fourth-order valence-corrected chi connectivity index (χ4v) is 3.59. The van der Waals surface area contributed by atoms with E-state index in [2.05, 4.69) is 12.8 Å². The zero-order valence-corrected chi connectivity index (χ0v) is 19.6. The van der Waals surface area contributed by atoms with Crippen LogP contribution in [0.5, 0.6) is 11.5 Å². The Hall–Kier alpha value is -2.73. The van der Waals surface area contributed by atoms with Crippen molar-refractivity contribution in [3.8, 4) is 35.0 Å². The molecule has 32 heavy (non-hydrogen) atoms. The summed E-state index contributed by atoms with van der Waals surface area (Å²) >= 11 is 0. The van der Waals surface area contributed by atoms with Crippen LogP contribution in [-0.4, -0.2) is 12.6 Å². The fourth-order valence-electron chi connectivity index (χ4n) is 3.59. The molecule has 0 heterocycles. The van der Waals surface area contributed by atoms with Crippen molar-refractivity contribution in [1.82, 2.24) is 0 Å². The Morgan fingerprint density at radius 2 is 1.28 bits per heavy atom. The van der Waals surface area contributed by atoms with Crippen LogP contribution >= 0.6 is 0 Å². The topological polar surface area (TPSA) is 35.5 Å². The smallest absolute Gasteiger partial charge is 0.311 e. The Bertz CT molecular complexity index is 800. The highest BCUT2D eigenvalue weighted by atomic mass is 16.5. The van der Waals surface area contributed by atoms with Crippen molar-refractivity contribution >= 4 is 5.97 Å². The summed E-state index contributed by atoms with van der Waals surface area (Å²) in [7, 11) is 0. The summed E-state index contributed by atoms with van der Waals surface area (Å²) in [6, 6.07) is 15.6. The molecule has 0 aliphatic rings. The summed E-state index contributed by atoms with van der Waals surface area (Å²) in [6.45, 7) is 2.87. The van der Waals surface area contributed by atoms with E-state index in [9.17, 15) is 4.79 Å². The summed E-state index contributed by atoms with van der Waals surface area (Å²) in [4.78, 5) is 12.1. The van der Waals surface area contributed by atoms with E-state index in [0.717, 1.165) is 42.6 Å². The highest BCUT2D eigenvalue weighted by molar-refractivity contribution is 5.73. The first-order valence-corrected chi connectivity index (χ1v) is 12.2. The maximum atomic E-state index is 12.1. The third-order valence-corrected chi connectivity index (χ3v) is 5.49. The summed E-state index contributed by atoms with van der Waals surface area (Å²) in [6.07, 6.45) is 18.5. The second kappa shape index (κ2) is 16.0. The largest absolute Gasteiger partial charge is 0.494 e. The molecule has 2 aromatic rings. The molecule has 3 nitrogen and oxygen atoms in total. The molecule has 0 atom stereocenters. The van der Waals surface area contributed by atoms with Gasteiger partial charge in [0, 0.05) is 12.8 Å². The fraction of sp³-hybridized carbons (Fsp3) is 0.483. The summed E-state index contributed by atoms with van der Waals surface area (Å²) < 4.78 is 11.2.